The van der Waals surface area contributed by atoms with Crippen molar-refractivity contribution in [3.05, 3.63) is 35.7 Å². The van der Waals surface area contributed by atoms with Crippen molar-refractivity contribution in [2.24, 2.45) is 0 Å². The molecule has 0 aliphatic heterocycles. The van der Waals surface area contributed by atoms with Crippen LogP contribution in [0.2, 0.25) is 0 Å². The van der Waals surface area contributed by atoms with E-state index < -0.39 is 0 Å². The molecule has 0 saturated carbocycles. The number of hydrogen-bond donors (Lipinski definition) is 1. The van der Waals surface area contributed by atoms with Gasteiger partial charge in [0.25, 0.3) is 0 Å². The summed E-state index contributed by atoms with van der Waals surface area (Å²) in [4.78, 5) is 11.7. The molecular formula is C15H21N5O2. The van der Waals surface area contributed by atoms with Crippen LogP contribution in [0.5, 0.6) is 0 Å². The molecule has 1 N–H and O–H groups in total. The molecular weight excluding hydrogens is 282 g/mol. The number of anilines is 1. The van der Waals surface area contributed by atoms with Gasteiger partial charge in [0.05, 0.1) is 18.7 Å². The largest absolute Gasteiger partial charge is 0.462 e. The van der Waals surface area contributed by atoms with Crippen LogP contribution < -0.4 is 5.32 Å². The lowest BCUT2D eigenvalue weighted by atomic mass is 10.2. The van der Waals surface area contributed by atoms with Crippen molar-refractivity contribution in [2.75, 3.05) is 11.9 Å². The minimum absolute atomic E-state index is 0.291. The third kappa shape index (κ3) is 4.28. The molecule has 1 heterocycles. The Morgan fingerprint density at radius 3 is 2.68 bits per heavy atom. The van der Waals surface area contributed by atoms with Crippen molar-refractivity contribution >= 4 is 11.7 Å². The minimum atomic E-state index is -0.291. The number of carbonyl (C=O) groups excluding carboxylic acids is 1. The number of nitrogens with one attached hydrogen (secondary N) is 1. The van der Waals surface area contributed by atoms with Crippen LogP contribution in [-0.4, -0.2) is 32.8 Å². The molecule has 0 radical (unpaired) electrons. The molecule has 0 unspecified atom stereocenters. The maximum absolute atomic E-state index is 11.7. The maximum Gasteiger partial charge on any atom is 0.338 e. The van der Waals surface area contributed by atoms with E-state index >= 15 is 0 Å². The summed E-state index contributed by atoms with van der Waals surface area (Å²) in [5.74, 6) is 0.494. The van der Waals surface area contributed by atoms with Crippen molar-refractivity contribution in [1.29, 1.82) is 0 Å². The molecule has 0 saturated heterocycles. The lowest BCUT2D eigenvalue weighted by molar-refractivity contribution is 0.0505. The topological polar surface area (TPSA) is 81.9 Å². The van der Waals surface area contributed by atoms with Gasteiger partial charge in [-0.2, -0.15) is 0 Å². The average Bonchev–Trinajstić information content (AvgIpc) is 2.99. The highest BCUT2D eigenvalue weighted by molar-refractivity contribution is 5.89. The molecule has 0 aliphatic rings. The van der Waals surface area contributed by atoms with Gasteiger partial charge in [0.15, 0.2) is 5.82 Å². The van der Waals surface area contributed by atoms with E-state index in [1.807, 2.05) is 19.1 Å². The Morgan fingerprint density at radius 1 is 1.23 bits per heavy atom. The van der Waals surface area contributed by atoms with Gasteiger partial charge in [0.2, 0.25) is 0 Å². The van der Waals surface area contributed by atoms with Gasteiger partial charge in [0.1, 0.15) is 0 Å². The normalized spacial score (nSPS) is 10.5. The lowest BCUT2D eigenvalue weighted by Crippen LogP contribution is -2.10. The third-order valence-corrected chi connectivity index (χ3v) is 3.05. The van der Waals surface area contributed by atoms with E-state index in [1.165, 1.54) is 0 Å². The van der Waals surface area contributed by atoms with Crippen molar-refractivity contribution < 1.29 is 9.53 Å². The third-order valence-electron chi connectivity index (χ3n) is 3.05. The number of aromatic nitrogens is 4. The molecule has 1 aromatic carbocycles. The van der Waals surface area contributed by atoms with Gasteiger partial charge in [-0.05, 0) is 47.5 Å². The number of benzene rings is 1. The first-order valence-electron chi connectivity index (χ1n) is 7.50. The molecule has 0 fully saturated rings. The summed E-state index contributed by atoms with van der Waals surface area (Å²) in [6, 6.07) is 7.18. The van der Waals surface area contributed by atoms with Gasteiger partial charge in [-0.1, -0.05) is 13.8 Å². The van der Waals surface area contributed by atoms with Crippen molar-refractivity contribution in [3.63, 3.8) is 0 Å². The fourth-order valence-corrected chi connectivity index (χ4v) is 1.92. The molecule has 118 valence electrons. The second kappa shape index (κ2) is 8.11. The Morgan fingerprint density at radius 2 is 2.00 bits per heavy atom. The number of hydrogen-bond acceptors (Lipinski definition) is 6. The highest BCUT2D eigenvalue weighted by Gasteiger charge is 2.07. The molecule has 2 rings (SSSR count). The number of carbonyl (C=O) groups is 1. The van der Waals surface area contributed by atoms with Gasteiger partial charge >= 0.3 is 5.97 Å². The Labute approximate surface area is 129 Å². The molecule has 1 aromatic heterocycles. The zero-order valence-electron chi connectivity index (χ0n) is 13.0. The van der Waals surface area contributed by atoms with E-state index in [1.54, 1.807) is 16.8 Å². The summed E-state index contributed by atoms with van der Waals surface area (Å²) in [6.07, 6.45) is 1.80. The summed E-state index contributed by atoms with van der Waals surface area (Å²) >= 11 is 0. The molecule has 7 nitrogen and oxygen atoms in total. The molecule has 22 heavy (non-hydrogen) atoms. The number of ether oxygens (including phenoxy) is 1. The van der Waals surface area contributed by atoms with Gasteiger partial charge < -0.3 is 10.1 Å². The van der Waals surface area contributed by atoms with Crippen LogP contribution in [0.1, 0.15) is 42.9 Å². The van der Waals surface area contributed by atoms with E-state index in [9.17, 15) is 4.79 Å². The second-order valence-electron chi connectivity index (χ2n) is 4.89. The van der Waals surface area contributed by atoms with Crippen molar-refractivity contribution in [1.82, 2.24) is 20.2 Å². The summed E-state index contributed by atoms with van der Waals surface area (Å²) < 4.78 is 6.87. The first-order valence-corrected chi connectivity index (χ1v) is 7.50. The molecule has 0 spiro atoms. The van der Waals surface area contributed by atoms with E-state index in [4.69, 9.17) is 4.74 Å². The Balaban J connectivity index is 1.91. The average molecular weight is 303 g/mol. The lowest BCUT2D eigenvalue weighted by Gasteiger charge is -2.08. The van der Waals surface area contributed by atoms with E-state index in [0.717, 1.165) is 30.9 Å². The van der Waals surface area contributed by atoms with E-state index in [2.05, 4.69) is 27.8 Å². The molecule has 7 heteroatoms. The van der Waals surface area contributed by atoms with Crippen LogP contribution in [0.3, 0.4) is 0 Å². The van der Waals surface area contributed by atoms with Crippen LogP contribution in [0.15, 0.2) is 24.3 Å². The molecule has 0 atom stereocenters. The number of esters is 1. The van der Waals surface area contributed by atoms with Crippen LogP contribution >= 0.6 is 0 Å². The van der Waals surface area contributed by atoms with Gasteiger partial charge in [-0.15, -0.1) is 5.10 Å². The number of aryl methyl sites for hydroxylation is 1. The first-order chi connectivity index (χ1) is 10.7. The fourth-order valence-electron chi connectivity index (χ4n) is 1.92. The highest BCUT2D eigenvalue weighted by atomic mass is 16.5. The predicted molar refractivity (Wildman–Crippen MR) is 82.5 cm³/mol. The van der Waals surface area contributed by atoms with Crippen LogP contribution in [0, 0.1) is 0 Å². The number of rotatable bonds is 8. The Hall–Kier alpha value is -2.44. The molecule has 0 bridgehead atoms. The first kappa shape index (κ1) is 15.9. The monoisotopic (exact) mass is 303 g/mol. The SMILES string of the molecule is CCCOC(=O)c1ccc(NCc2nnnn2CCC)cc1. The predicted octanol–water partition coefficient (Wildman–Crippen LogP) is 2.26. The second-order valence-corrected chi connectivity index (χ2v) is 4.89. The van der Waals surface area contributed by atoms with Gasteiger partial charge in [0, 0.05) is 12.2 Å². The summed E-state index contributed by atoms with van der Waals surface area (Å²) in [5.41, 5.74) is 1.45. The zero-order chi connectivity index (χ0) is 15.8. The van der Waals surface area contributed by atoms with Gasteiger partial charge in [-0.25, -0.2) is 9.48 Å². The summed E-state index contributed by atoms with van der Waals surface area (Å²) in [6.45, 7) is 5.82. The number of nitrogens with zero attached hydrogens (tertiary/aromatic N) is 4. The molecule has 0 amide bonds. The van der Waals surface area contributed by atoms with Crippen LogP contribution in [-0.2, 0) is 17.8 Å². The minimum Gasteiger partial charge on any atom is -0.462 e. The van der Waals surface area contributed by atoms with Gasteiger partial charge in [-0.3, -0.25) is 0 Å². The van der Waals surface area contributed by atoms with Crippen LogP contribution in [0.4, 0.5) is 5.69 Å². The van der Waals surface area contributed by atoms with Crippen LogP contribution in [0.25, 0.3) is 0 Å². The fraction of sp³-hybridized carbons (Fsp3) is 0.467. The Bertz CT molecular complexity index is 594. The summed E-state index contributed by atoms with van der Waals surface area (Å²) in [5, 5.41) is 14.9. The standard InChI is InChI=1S/C15H21N5O2/c1-3-9-20-14(17-18-19-20)11-16-13-7-5-12(6-8-13)15(21)22-10-4-2/h5-8,16H,3-4,9-11H2,1-2H3. The highest BCUT2D eigenvalue weighted by Crippen LogP contribution is 2.11. The van der Waals surface area contributed by atoms with Crippen molar-refractivity contribution in [2.45, 2.75) is 39.8 Å². The quantitative estimate of drug-likeness (QED) is 0.753. The van der Waals surface area contributed by atoms with E-state index in [-0.39, 0.29) is 5.97 Å². The maximum atomic E-state index is 11.7. The van der Waals surface area contributed by atoms with Crippen molar-refractivity contribution in [3.8, 4) is 0 Å². The number of tetrazole rings is 1. The smallest absolute Gasteiger partial charge is 0.338 e. The molecule has 2 aromatic rings. The summed E-state index contributed by atoms with van der Waals surface area (Å²) in [7, 11) is 0. The van der Waals surface area contributed by atoms with E-state index in [0.29, 0.717) is 18.7 Å². The Kier molecular flexibility index (Phi) is 5.88. The molecule has 0 aliphatic carbocycles. The zero-order valence-corrected chi connectivity index (χ0v) is 13.0.